The van der Waals surface area contributed by atoms with Gasteiger partial charge in [0, 0.05) is 22.0 Å². The Hall–Kier alpha value is -2.24. The van der Waals surface area contributed by atoms with E-state index in [2.05, 4.69) is 0 Å². The lowest BCUT2D eigenvalue weighted by Gasteiger charge is -2.33. The van der Waals surface area contributed by atoms with Gasteiger partial charge in [0.15, 0.2) is 0 Å². The summed E-state index contributed by atoms with van der Waals surface area (Å²) in [5.41, 5.74) is -0.354. The number of carbonyl (C=O) groups excluding carboxylic acids is 2. The summed E-state index contributed by atoms with van der Waals surface area (Å²) >= 11 is 0. The molecule has 1 aromatic carbocycles. The highest BCUT2D eigenvalue weighted by molar-refractivity contribution is 5.73. The molecular formula is C22H34O6. The number of hydrogen-bond acceptors (Lipinski definition) is 6. The quantitative estimate of drug-likeness (QED) is 0.453. The normalized spacial score (nSPS) is 15.4. The van der Waals surface area contributed by atoms with Crippen LogP contribution in [0.4, 0.5) is 0 Å². The SMILES string of the molecule is CCCC(C)(CC(=O)OC)c1cc(O)c(C(C)(CCC)CC(=O)OC)cc1O. The minimum Gasteiger partial charge on any atom is -0.508 e. The highest BCUT2D eigenvalue weighted by Crippen LogP contribution is 2.46. The van der Waals surface area contributed by atoms with E-state index in [1.165, 1.54) is 26.4 Å². The van der Waals surface area contributed by atoms with Gasteiger partial charge in [0.1, 0.15) is 11.5 Å². The van der Waals surface area contributed by atoms with E-state index in [-0.39, 0.29) is 36.3 Å². The average molecular weight is 395 g/mol. The number of esters is 2. The van der Waals surface area contributed by atoms with Gasteiger partial charge in [-0.15, -0.1) is 0 Å². The molecule has 0 aliphatic carbocycles. The molecular weight excluding hydrogens is 360 g/mol. The second-order valence-electron chi connectivity index (χ2n) is 8.01. The van der Waals surface area contributed by atoms with Crippen LogP contribution in [-0.2, 0) is 29.9 Å². The van der Waals surface area contributed by atoms with Crippen molar-refractivity contribution in [3.63, 3.8) is 0 Å². The molecule has 2 atom stereocenters. The van der Waals surface area contributed by atoms with Crippen LogP contribution in [-0.4, -0.2) is 36.4 Å². The number of phenols is 2. The summed E-state index contributed by atoms with van der Waals surface area (Å²) in [4.78, 5) is 23.8. The maximum Gasteiger partial charge on any atom is 0.306 e. The molecule has 2 unspecified atom stereocenters. The minimum atomic E-state index is -0.675. The summed E-state index contributed by atoms with van der Waals surface area (Å²) in [7, 11) is 2.66. The van der Waals surface area contributed by atoms with Gasteiger partial charge in [-0.3, -0.25) is 9.59 Å². The van der Waals surface area contributed by atoms with Crippen LogP contribution in [0.25, 0.3) is 0 Å². The van der Waals surface area contributed by atoms with Crippen LogP contribution in [0.5, 0.6) is 11.5 Å². The number of benzene rings is 1. The zero-order valence-corrected chi connectivity index (χ0v) is 17.9. The number of carbonyl (C=O) groups is 2. The van der Waals surface area contributed by atoms with Gasteiger partial charge in [0.05, 0.1) is 27.1 Å². The Balaban J connectivity index is 3.48. The second-order valence-corrected chi connectivity index (χ2v) is 8.01. The highest BCUT2D eigenvalue weighted by atomic mass is 16.5. The molecule has 2 N–H and O–H groups in total. The molecule has 28 heavy (non-hydrogen) atoms. The largest absolute Gasteiger partial charge is 0.508 e. The standard InChI is InChI=1S/C22H34O6/c1-7-9-21(3,13-19(25)27-5)15-11-18(24)16(12-17(15)23)22(4,10-8-2)14-20(26)28-6/h11-12,23-24H,7-10,13-14H2,1-6H3. The average Bonchev–Trinajstić information content (AvgIpc) is 2.63. The zero-order chi connectivity index (χ0) is 21.5. The van der Waals surface area contributed by atoms with Crippen molar-refractivity contribution < 1.29 is 29.3 Å². The summed E-state index contributed by atoms with van der Waals surface area (Å²) in [5.74, 6) is -0.749. The van der Waals surface area contributed by atoms with Gasteiger partial charge >= 0.3 is 11.9 Å². The molecule has 0 fully saturated rings. The van der Waals surface area contributed by atoms with E-state index in [9.17, 15) is 19.8 Å². The molecule has 0 aliphatic rings. The van der Waals surface area contributed by atoms with Crippen molar-refractivity contribution in [2.24, 2.45) is 0 Å². The fourth-order valence-corrected chi connectivity index (χ4v) is 4.07. The molecule has 6 nitrogen and oxygen atoms in total. The minimum absolute atomic E-state index is 0.000142. The van der Waals surface area contributed by atoms with Crippen molar-refractivity contribution in [2.75, 3.05) is 14.2 Å². The third kappa shape index (κ3) is 5.40. The molecule has 0 amide bonds. The number of ether oxygens (including phenoxy) is 2. The molecule has 0 saturated carbocycles. The Morgan fingerprint density at radius 3 is 1.39 bits per heavy atom. The van der Waals surface area contributed by atoms with Crippen LogP contribution < -0.4 is 0 Å². The second kappa shape index (κ2) is 9.80. The molecule has 1 rings (SSSR count). The first-order chi connectivity index (χ1) is 13.1. The Morgan fingerprint density at radius 1 is 0.821 bits per heavy atom. The van der Waals surface area contributed by atoms with Crippen molar-refractivity contribution >= 4 is 11.9 Å². The predicted molar refractivity (Wildman–Crippen MR) is 108 cm³/mol. The smallest absolute Gasteiger partial charge is 0.306 e. The molecule has 6 heteroatoms. The Morgan fingerprint density at radius 2 is 1.14 bits per heavy atom. The summed E-state index contributed by atoms with van der Waals surface area (Å²) in [5, 5.41) is 21.6. The van der Waals surface area contributed by atoms with Crippen molar-refractivity contribution in [2.45, 2.75) is 77.0 Å². The Bertz CT molecular complexity index is 639. The van der Waals surface area contributed by atoms with Crippen molar-refractivity contribution in [1.29, 1.82) is 0 Å². The van der Waals surface area contributed by atoms with Crippen LogP contribution >= 0.6 is 0 Å². The molecule has 0 radical (unpaired) electrons. The molecule has 0 heterocycles. The molecule has 0 saturated heterocycles. The van der Waals surface area contributed by atoms with E-state index in [0.29, 0.717) is 24.0 Å². The van der Waals surface area contributed by atoms with Gasteiger partial charge in [-0.05, 0) is 25.0 Å². The maximum absolute atomic E-state index is 11.9. The lowest BCUT2D eigenvalue weighted by atomic mass is 9.71. The van der Waals surface area contributed by atoms with E-state index in [1.807, 2.05) is 27.7 Å². The fourth-order valence-electron chi connectivity index (χ4n) is 4.07. The van der Waals surface area contributed by atoms with Crippen molar-refractivity contribution in [3.05, 3.63) is 23.3 Å². The van der Waals surface area contributed by atoms with E-state index in [4.69, 9.17) is 9.47 Å². The van der Waals surface area contributed by atoms with Crippen LogP contribution in [0.2, 0.25) is 0 Å². The molecule has 0 bridgehead atoms. The van der Waals surface area contributed by atoms with Gasteiger partial charge in [-0.2, -0.15) is 0 Å². The van der Waals surface area contributed by atoms with E-state index < -0.39 is 10.8 Å². The first-order valence-corrected chi connectivity index (χ1v) is 9.77. The number of rotatable bonds is 10. The summed E-state index contributed by atoms with van der Waals surface area (Å²) in [6, 6.07) is 3.04. The molecule has 0 aliphatic heterocycles. The van der Waals surface area contributed by atoms with Crippen LogP contribution in [0, 0.1) is 0 Å². The van der Waals surface area contributed by atoms with E-state index >= 15 is 0 Å². The number of hydrogen-bond donors (Lipinski definition) is 2. The van der Waals surface area contributed by atoms with Crippen molar-refractivity contribution in [1.82, 2.24) is 0 Å². The third-order valence-electron chi connectivity index (χ3n) is 5.54. The Kier molecular flexibility index (Phi) is 8.33. The van der Waals surface area contributed by atoms with Gasteiger partial charge in [0.2, 0.25) is 0 Å². The van der Waals surface area contributed by atoms with Crippen LogP contribution in [0.1, 0.15) is 77.3 Å². The van der Waals surface area contributed by atoms with E-state index in [1.54, 1.807) is 0 Å². The highest BCUT2D eigenvalue weighted by Gasteiger charge is 2.36. The lowest BCUT2D eigenvalue weighted by molar-refractivity contribution is -0.143. The Labute approximate surface area is 167 Å². The summed E-state index contributed by atoms with van der Waals surface area (Å²) in [6.07, 6.45) is 3.07. The monoisotopic (exact) mass is 394 g/mol. The molecule has 0 spiro atoms. The first-order valence-electron chi connectivity index (χ1n) is 9.77. The van der Waals surface area contributed by atoms with E-state index in [0.717, 1.165) is 12.8 Å². The lowest BCUT2D eigenvalue weighted by Crippen LogP contribution is -2.29. The zero-order valence-electron chi connectivity index (χ0n) is 17.9. The molecule has 158 valence electrons. The topological polar surface area (TPSA) is 93.1 Å². The number of methoxy groups -OCH3 is 2. The van der Waals surface area contributed by atoms with Gasteiger partial charge in [-0.25, -0.2) is 0 Å². The van der Waals surface area contributed by atoms with Gasteiger partial charge < -0.3 is 19.7 Å². The van der Waals surface area contributed by atoms with Crippen molar-refractivity contribution in [3.8, 4) is 11.5 Å². The third-order valence-corrected chi connectivity index (χ3v) is 5.54. The number of aromatic hydroxyl groups is 2. The van der Waals surface area contributed by atoms with Crippen LogP contribution in [0.3, 0.4) is 0 Å². The summed E-state index contributed by atoms with van der Waals surface area (Å²) < 4.78 is 9.63. The molecule has 1 aromatic rings. The fraction of sp³-hybridized carbons (Fsp3) is 0.636. The van der Waals surface area contributed by atoms with Gasteiger partial charge in [-0.1, -0.05) is 40.5 Å². The number of phenolic OH excluding ortho intramolecular Hbond substituents is 2. The van der Waals surface area contributed by atoms with Gasteiger partial charge in [0.25, 0.3) is 0 Å². The predicted octanol–water partition coefficient (Wildman–Crippen LogP) is 4.34. The maximum atomic E-state index is 11.9. The summed E-state index contributed by atoms with van der Waals surface area (Å²) in [6.45, 7) is 7.74. The van der Waals surface area contributed by atoms with Crippen LogP contribution in [0.15, 0.2) is 12.1 Å². The molecule has 0 aromatic heterocycles. The first kappa shape index (κ1) is 23.8.